The van der Waals surface area contributed by atoms with Crippen molar-refractivity contribution >= 4 is 35.2 Å². The fourth-order valence-electron chi connectivity index (χ4n) is 3.11. The Hall–Kier alpha value is -1.98. The third kappa shape index (κ3) is 7.69. The lowest BCUT2D eigenvalue weighted by atomic mass is 10.1. The molecule has 1 N–H and O–H groups in total. The minimum absolute atomic E-state index is 0.0305. The Morgan fingerprint density at radius 2 is 1.73 bits per heavy atom. The van der Waals surface area contributed by atoms with E-state index >= 15 is 0 Å². The lowest BCUT2D eigenvalue weighted by Crippen LogP contribution is -2.51. The van der Waals surface area contributed by atoms with Gasteiger partial charge in [-0.1, -0.05) is 67.9 Å². The van der Waals surface area contributed by atoms with Gasteiger partial charge in [-0.15, -0.1) is 11.8 Å². The van der Waals surface area contributed by atoms with Gasteiger partial charge in [0.15, 0.2) is 0 Å². The molecule has 0 saturated heterocycles. The second-order valence-electron chi connectivity index (χ2n) is 7.37. The molecule has 4 nitrogen and oxygen atoms in total. The topological polar surface area (TPSA) is 49.4 Å². The molecule has 0 bridgehead atoms. The van der Waals surface area contributed by atoms with Crippen molar-refractivity contribution in [2.75, 3.05) is 5.75 Å². The zero-order chi connectivity index (χ0) is 21.9. The number of hydrogen-bond acceptors (Lipinski definition) is 3. The second kappa shape index (κ2) is 12.7. The van der Waals surface area contributed by atoms with Gasteiger partial charge in [0.1, 0.15) is 6.04 Å². The van der Waals surface area contributed by atoms with Gasteiger partial charge in [0.05, 0.1) is 5.75 Å². The highest BCUT2D eigenvalue weighted by Crippen LogP contribution is 2.19. The van der Waals surface area contributed by atoms with Gasteiger partial charge in [-0.2, -0.15) is 0 Å². The van der Waals surface area contributed by atoms with E-state index in [2.05, 4.69) is 5.32 Å². The fraction of sp³-hybridized carbons (Fsp3) is 0.417. The van der Waals surface area contributed by atoms with E-state index in [9.17, 15) is 9.59 Å². The molecule has 2 amide bonds. The standard InChI is InChI=1S/C24H31ClN2O2S/c1-4-18(3)26-24(29)22(5-2)27(15-19-10-7-6-8-11-19)23(28)17-30-16-20-12-9-13-21(25)14-20/h6-14,18,22H,4-5,15-17H2,1-3H3,(H,26,29)/t18-,22-/m0/s1. The van der Waals surface area contributed by atoms with Crippen molar-refractivity contribution in [2.24, 2.45) is 0 Å². The average molecular weight is 447 g/mol. The van der Waals surface area contributed by atoms with Crippen LogP contribution < -0.4 is 5.32 Å². The largest absolute Gasteiger partial charge is 0.352 e. The number of thioether (sulfide) groups is 1. The van der Waals surface area contributed by atoms with E-state index in [4.69, 9.17) is 11.6 Å². The molecule has 0 heterocycles. The van der Waals surface area contributed by atoms with E-state index in [1.165, 1.54) is 11.8 Å². The number of halogens is 1. The SMILES string of the molecule is CC[C@H](C)NC(=O)[C@H](CC)N(Cc1ccccc1)C(=O)CSCc1cccc(Cl)c1. The highest BCUT2D eigenvalue weighted by Gasteiger charge is 2.29. The van der Waals surface area contributed by atoms with Crippen molar-refractivity contribution in [3.8, 4) is 0 Å². The summed E-state index contributed by atoms with van der Waals surface area (Å²) in [4.78, 5) is 27.8. The van der Waals surface area contributed by atoms with Crippen LogP contribution in [0, 0.1) is 0 Å². The molecule has 2 rings (SSSR count). The Balaban J connectivity index is 2.10. The zero-order valence-corrected chi connectivity index (χ0v) is 19.5. The molecule has 162 valence electrons. The number of nitrogens with one attached hydrogen (secondary N) is 1. The van der Waals surface area contributed by atoms with E-state index < -0.39 is 6.04 Å². The van der Waals surface area contributed by atoms with Crippen molar-refractivity contribution in [3.05, 3.63) is 70.7 Å². The van der Waals surface area contributed by atoms with Gasteiger partial charge >= 0.3 is 0 Å². The van der Waals surface area contributed by atoms with Crippen LogP contribution in [0.15, 0.2) is 54.6 Å². The number of amides is 2. The highest BCUT2D eigenvalue weighted by atomic mass is 35.5. The maximum Gasteiger partial charge on any atom is 0.243 e. The third-order valence-electron chi connectivity index (χ3n) is 4.97. The molecule has 0 radical (unpaired) electrons. The summed E-state index contributed by atoms with van der Waals surface area (Å²) in [6.07, 6.45) is 1.42. The molecular weight excluding hydrogens is 416 g/mol. The van der Waals surface area contributed by atoms with Crippen molar-refractivity contribution in [1.29, 1.82) is 0 Å². The molecule has 0 aromatic heterocycles. The molecule has 6 heteroatoms. The summed E-state index contributed by atoms with van der Waals surface area (Å²) in [5.74, 6) is 0.890. The van der Waals surface area contributed by atoms with E-state index in [1.54, 1.807) is 4.90 Å². The van der Waals surface area contributed by atoms with Crippen molar-refractivity contribution in [2.45, 2.75) is 58.0 Å². The van der Waals surface area contributed by atoms with E-state index in [-0.39, 0.29) is 17.9 Å². The van der Waals surface area contributed by atoms with Gasteiger partial charge in [0.2, 0.25) is 11.8 Å². The smallest absolute Gasteiger partial charge is 0.243 e. The van der Waals surface area contributed by atoms with Gasteiger partial charge in [-0.05, 0) is 43.0 Å². The first-order valence-corrected chi connectivity index (χ1v) is 11.9. The van der Waals surface area contributed by atoms with Crippen LogP contribution in [0.3, 0.4) is 0 Å². The van der Waals surface area contributed by atoms with Gasteiger partial charge in [-0.3, -0.25) is 9.59 Å². The molecule has 0 aliphatic heterocycles. The number of hydrogen-bond donors (Lipinski definition) is 1. The first-order chi connectivity index (χ1) is 14.4. The molecular formula is C24H31ClN2O2S. The van der Waals surface area contributed by atoms with E-state index in [0.29, 0.717) is 29.5 Å². The highest BCUT2D eigenvalue weighted by molar-refractivity contribution is 7.99. The first kappa shape index (κ1) is 24.3. The maximum atomic E-state index is 13.2. The quantitative estimate of drug-likeness (QED) is 0.509. The summed E-state index contributed by atoms with van der Waals surface area (Å²) in [6, 6.07) is 17.1. The Labute approximate surface area is 189 Å². The molecule has 2 atom stereocenters. The molecule has 30 heavy (non-hydrogen) atoms. The molecule has 0 saturated carbocycles. The van der Waals surface area contributed by atoms with E-state index in [1.807, 2.05) is 75.4 Å². The van der Waals surface area contributed by atoms with Crippen LogP contribution in [0.2, 0.25) is 5.02 Å². The minimum atomic E-state index is -0.488. The molecule has 0 unspecified atom stereocenters. The minimum Gasteiger partial charge on any atom is -0.352 e. The maximum absolute atomic E-state index is 13.2. The number of nitrogens with zero attached hydrogens (tertiary/aromatic N) is 1. The normalized spacial score (nSPS) is 12.8. The predicted molar refractivity (Wildman–Crippen MR) is 127 cm³/mol. The Morgan fingerprint density at radius 1 is 1.03 bits per heavy atom. The summed E-state index contributed by atoms with van der Waals surface area (Å²) in [5.41, 5.74) is 2.09. The summed E-state index contributed by atoms with van der Waals surface area (Å²) in [6.45, 7) is 6.38. The lowest BCUT2D eigenvalue weighted by molar-refractivity contribution is -0.139. The van der Waals surface area contributed by atoms with Crippen molar-refractivity contribution in [1.82, 2.24) is 10.2 Å². The van der Waals surface area contributed by atoms with E-state index in [0.717, 1.165) is 17.5 Å². The lowest BCUT2D eigenvalue weighted by Gasteiger charge is -2.31. The number of carbonyl (C=O) groups is 2. The van der Waals surface area contributed by atoms with Gasteiger partial charge < -0.3 is 10.2 Å². The first-order valence-electron chi connectivity index (χ1n) is 10.4. The van der Waals surface area contributed by atoms with Gasteiger partial charge in [0, 0.05) is 23.4 Å². The fourth-order valence-corrected chi connectivity index (χ4v) is 4.18. The molecule has 2 aromatic rings. The average Bonchev–Trinajstić information content (AvgIpc) is 2.74. The zero-order valence-electron chi connectivity index (χ0n) is 17.9. The van der Waals surface area contributed by atoms with Crippen LogP contribution in [-0.2, 0) is 21.9 Å². The van der Waals surface area contributed by atoms with Gasteiger partial charge in [0.25, 0.3) is 0 Å². The summed E-state index contributed by atoms with van der Waals surface area (Å²) < 4.78 is 0. The van der Waals surface area contributed by atoms with Crippen LogP contribution in [-0.4, -0.2) is 34.6 Å². The molecule has 0 spiro atoms. The van der Waals surface area contributed by atoms with Crippen LogP contribution in [0.5, 0.6) is 0 Å². The van der Waals surface area contributed by atoms with Crippen molar-refractivity contribution in [3.63, 3.8) is 0 Å². The summed E-state index contributed by atoms with van der Waals surface area (Å²) >= 11 is 7.59. The number of carbonyl (C=O) groups excluding carboxylic acids is 2. The number of rotatable bonds is 11. The molecule has 0 aliphatic carbocycles. The predicted octanol–water partition coefficient (Wildman–Crippen LogP) is 5.30. The Kier molecular flexibility index (Phi) is 10.2. The third-order valence-corrected chi connectivity index (χ3v) is 6.19. The Bertz CT molecular complexity index is 816. The van der Waals surface area contributed by atoms with Crippen LogP contribution in [0.4, 0.5) is 0 Å². The summed E-state index contributed by atoms with van der Waals surface area (Å²) in [5, 5.41) is 3.73. The monoisotopic (exact) mass is 446 g/mol. The molecule has 0 fully saturated rings. The Morgan fingerprint density at radius 3 is 2.37 bits per heavy atom. The van der Waals surface area contributed by atoms with Crippen LogP contribution >= 0.6 is 23.4 Å². The van der Waals surface area contributed by atoms with Gasteiger partial charge in [-0.25, -0.2) is 0 Å². The molecule has 0 aliphatic rings. The molecule has 2 aromatic carbocycles. The van der Waals surface area contributed by atoms with Crippen LogP contribution in [0.25, 0.3) is 0 Å². The van der Waals surface area contributed by atoms with Crippen LogP contribution in [0.1, 0.15) is 44.7 Å². The van der Waals surface area contributed by atoms with Crippen molar-refractivity contribution < 1.29 is 9.59 Å². The summed E-state index contributed by atoms with van der Waals surface area (Å²) in [7, 11) is 0. The second-order valence-corrected chi connectivity index (χ2v) is 8.79. The number of benzene rings is 2.